The van der Waals surface area contributed by atoms with Gasteiger partial charge >= 0.3 is 6.03 Å². The quantitative estimate of drug-likeness (QED) is 0.281. The summed E-state index contributed by atoms with van der Waals surface area (Å²) in [5, 5.41) is 28.6. The average Bonchev–Trinajstić information content (AvgIpc) is 2.87. The molecule has 2 amide bonds. The number of amides is 2. The van der Waals surface area contributed by atoms with E-state index < -0.39 is 6.10 Å². The average molecular weight is 466 g/mol. The predicted molar refractivity (Wildman–Crippen MR) is 133 cm³/mol. The number of urea groups is 1. The number of aliphatic hydroxyl groups is 2. The van der Waals surface area contributed by atoms with Crippen LogP contribution in [0.15, 0.2) is 78.9 Å². The second-order valence-electron chi connectivity index (χ2n) is 7.78. The van der Waals surface area contributed by atoms with Crippen molar-refractivity contribution in [1.82, 2.24) is 5.32 Å². The molecule has 3 rings (SSSR count). The third kappa shape index (κ3) is 8.40. The van der Waals surface area contributed by atoms with Gasteiger partial charge in [-0.3, -0.25) is 0 Å². The van der Waals surface area contributed by atoms with Crippen LogP contribution in [0, 0.1) is 0 Å². The van der Waals surface area contributed by atoms with Crippen molar-refractivity contribution >= 4 is 17.4 Å². The molecule has 3 aromatic carbocycles. The number of hydrogen-bond donors (Lipinski definition) is 5. The van der Waals surface area contributed by atoms with Gasteiger partial charge in [0.25, 0.3) is 0 Å². The molecule has 0 saturated carbocycles. The van der Waals surface area contributed by atoms with Gasteiger partial charge in [0.1, 0.15) is 24.2 Å². The lowest BCUT2D eigenvalue weighted by atomic mass is 10.1. The second-order valence-corrected chi connectivity index (χ2v) is 7.78. The van der Waals surface area contributed by atoms with Gasteiger partial charge in [-0.15, -0.1) is 0 Å². The molecule has 0 spiro atoms. The summed E-state index contributed by atoms with van der Waals surface area (Å²) >= 11 is 0. The van der Waals surface area contributed by atoms with Crippen molar-refractivity contribution < 1.29 is 24.5 Å². The van der Waals surface area contributed by atoms with Gasteiger partial charge in [0.05, 0.1) is 13.7 Å². The zero-order valence-electron chi connectivity index (χ0n) is 19.1. The largest absolute Gasteiger partial charge is 0.497 e. The molecule has 0 aromatic heterocycles. The minimum Gasteiger partial charge on any atom is -0.497 e. The zero-order chi connectivity index (χ0) is 24.2. The summed E-state index contributed by atoms with van der Waals surface area (Å²) in [7, 11) is 1.57. The number of aliphatic hydroxyl groups excluding tert-OH is 2. The first kappa shape index (κ1) is 25.0. The van der Waals surface area contributed by atoms with E-state index in [0.29, 0.717) is 35.8 Å². The fourth-order valence-electron chi connectivity index (χ4n) is 3.27. The number of ether oxygens (including phenoxy) is 2. The van der Waals surface area contributed by atoms with Crippen molar-refractivity contribution in [3.05, 3.63) is 84.4 Å². The smallest absolute Gasteiger partial charge is 0.323 e. The number of benzene rings is 3. The van der Waals surface area contributed by atoms with Gasteiger partial charge < -0.3 is 35.6 Å². The highest BCUT2D eigenvalue weighted by molar-refractivity contribution is 5.99. The third-order valence-electron chi connectivity index (χ3n) is 5.07. The van der Waals surface area contributed by atoms with Gasteiger partial charge in [-0.1, -0.05) is 36.4 Å². The molecule has 0 heterocycles. The number of nitrogens with one attached hydrogen (secondary N) is 3. The molecule has 0 aliphatic carbocycles. The molecule has 0 aliphatic heterocycles. The number of carbonyl (C=O) groups excluding carboxylic acids is 1. The monoisotopic (exact) mass is 465 g/mol. The van der Waals surface area contributed by atoms with Crippen molar-refractivity contribution in [1.29, 1.82) is 0 Å². The molecule has 5 N–H and O–H groups in total. The van der Waals surface area contributed by atoms with Crippen molar-refractivity contribution in [2.75, 3.05) is 37.5 Å². The van der Waals surface area contributed by atoms with Crippen LogP contribution >= 0.6 is 0 Å². The standard InChI is InChI=1S/C26H31N3O5/c1-33-25-9-5-6-21(15-25)29-26(32)28-20-12-10-19(11-13-20)14-22(17-30)27-16-23(31)18-34-24-7-3-2-4-8-24/h2-13,15,22-23,27,30-31H,14,16-18H2,1H3,(H2,28,29,32). The Labute approximate surface area is 199 Å². The maximum atomic E-state index is 12.2. The van der Waals surface area contributed by atoms with E-state index in [1.807, 2.05) is 42.5 Å². The van der Waals surface area contributed by atoms with Gasteiger partial charge in [0.15, 0.2) is 0 Å². The topological polar surface area (TPSA) is 112 Å². The van der Waals surface area contributed by atoms with Crippen molar-refractivity contribution in [2.45, 2.75) is 18.6 Å². The Morgan fingerprint density at radius 2 is 1.62 bits per heavy atom. The van der Waals surface area contributed by atoms with Gasteiger partial charge in [-0.05, 0) is 48.4 Å². The minimum absolute atomic E-state index is 0.0742. The zero-order valence-corrected chi connectivity index (χ0v) is 19.1. The lowest BCUT2D eigenvalue weighted by Gasteiger charge is -2.19. The van der Waals surface area contributed by atoms with Crippen LogP contribution in [0.1, 0.15) is 5.56 Å². The fourth-order valence-corrected chi connectivity index (χ4v) is 3.27. The number of para-hydroxylation sites is 1. The first-order chi connectivity index (χ1) is 16.6. The Kier molecular flexibility index (Phi) is 9.72. The van der Waals surface area contributed by atoms with Gasteiger partial charge in [-0.25, -0.2) is 4.79 Å². The highest BCUT2D eigenvalue weighted by Crippen LogP contribution is 2.17. The summed E-state index contributed by atoms with van der Waals surface area (Å²) in [5.41, 5.74) is 2.26. The van der Waals surface area contributed by atoms with Crippen LogP contribution in [-0.4, -0.2) is 55.3 Å². The highest BCUT2D eigenvalue weighted by atomic mass is 16.5. The van der Waals surface area contributed by atoms with E-state index in [1.165, 1.54) is 0 Å². The van der Waals surface area contributed by atoms with E-state index in [-0.39, 0.29) is 25.3 Å². The Morgan fingerprint density at radius 1 is 0.912 bits per heavy atom. The fraction of sp³-hybridized carbons (Fsp3) is 0.269. The Bertz CT molecular complexity index is 1010. The maximum absolute atomic E-state index is 12.2. The third-order valence-corrected chi connectivity index (χ3v) is 5.07. The van der Waals surface area contributed by atoms with Crippen LogP contribution in [0.25, 0.3) is 0 Å². The first-order valence-electron chi connectivity index (χ1n) is 11.1. The second kappa shape index (κ2) is 13.2. The van der Waals surface area contributed by atoms with E-state index in [0.717, 1.165) is 5.56 Å². The van der Waals surface area contributed by atoms with Crippen molar-refractivity contribution in [2.24, 2.45) is 0 Å². The lowest BCUT2D eigenvalue weighted by Crippen LogP contribution is -2.41. The van der Waals surface area contributed by atoms with Gasteiger partial charge in [-0.2, -0.15) is 0 Å². The molecule has 0 fully saturated rings. The SMILES string of the molecule is COc1cccc(NC(=O)Nc2ccc(CC(CO)NCC(O)COc3ccccc3)cc2)c1. The van der Waals surface area contributed by atoms with E-state index in [4.69, 9.17) is 9.47 Å². The van der Waals surface area contributed by atoms with Crippen LogP contribution in [0.2, 0.25) is 0 Å². The maximum Gasteiger partial charge on any atom is 0.323 e. The summed E-state index contributed by atoms with van der Waals surface area (Å²) in [4.78, 5) is 12.2. The van der Waals surface area contributed by atoms with Gasteiger partial charge in [0, 0.05) is 30.0 Å². The lowest BCUT2D eigenvalue weighted by molar-refractivity contribution is 0.0997. The van der Waals surface area contributed by atoms with Crippen LogP contribution in [0.4, 0.5) is 16.2 Å². The van der Waals surface area contributed by atoms with Crippen molar-refractivity contribution in [3.63, 3.8) is 0 Å². The van der Waals surface area contributed by atoms with Gasteiger partial charge in [0.2, 0.25) is 0 Å². The molecule has 0 radical (unpaired) electrons. The normalized spacial score (nSPS) is 12.4. The number of methoxy groups -OCH3 is 1. The Morgan fingerprint density at radius 3 is 2.32 bits per heavy atom. The summed E-state index contributed by atoms with van der Waals surface area (Å²) in [5.74, 6) is 1.36. The molecule has 0 bridgehead atoms. The highest BCUT2D eigenvalue weighted by Gasteiger charge is 2.12. The van der Waals surface area contributed by atoms with E-state index >= 15 is 0 Å². The van der Waals surface area contributed by atoms with E-state index in [9.17, 15) is 15.0 Å². The molecular formula is C26H31N3O5. The molecule has 0 saturated heterocycles. The summed E-state index contributed by atoms with van der Waals surface area (Å²) in [6.07, 6.45) is -0.136. The number of rotatable bonds is 12. The Hall–Kier alpha value is -3.59. The van der Waals surface area contributed by atoms with Crippen LogP contribution < -0.4 is 25.4 Å². The van der Waals surface area contributed by atoms with Crippen LogP contribution in [0.5, 0.6) is 11.5 Å². The number of carbonyl (C=O) groups is 1. The molecule has 8 nitrogen and oxygen atoms in total. The van der Waals surface area contributed by atoms with Crippen LogP contribution in [0.3, 0.4) is 0 Å². The van der Waals surface area contributed by atoms with Crippen LogP contribution in [-0.2, 0) is 6.42 Å². The Balaban J connectivity index is 1.42. The molecule has 180 valence electrons. The molecule has 3 aromatic rings. The minimum atomic E-state index is -0.705. The molecule has 2 atom stereocenters. The predicted octanol–water partition coefficient (Wildman–Crippen LogP) is 3.27. The molecular weight excluding hydrogens is 434 g/mol. The summed E-state index contributed by atoms with van der Waals surface area (Å²) in [6, 6.07) is 23.2. The van der Waals surface area contributed by atoms with E-state index in [1.54, 1.807) is 43.5 Å². The molecule has 34 heavy (non-hydrogen) atoms. The number of anilines is 2. The summed E-state index contributed by atoms with van der Waals surface area (Å²) < 4.78 is 10.7. The van der Waals surface area contributed by atoms with E-state index in [2.05, 4.69) is 16.0 Å². The van der Waals surface area contributed by atoms with Crippen molar-refractivity contribution in [3.8, 4) is 11.5 Å². The molecule has 0 aliphatic rings. The first-order valence-corrected chi connectivity index (χ1v) is 11.1. The summed E-state index contributed by atoms with van der Waals surface area (Å²) in [6.45, 7) is 0.380. The molecule has 2 unspecified atom stereocenters. The molecule has 8 heteroatoms. The number of hydrogen-bond acceptors (Lipinski definition) is 6.